The van der Waals surface area contributed by atoms with Crippen LogP contribution in [0.1, 0.15) is 38.3 Å². The van der Waals surface area contributed by atoms with Gasteiger partial charge in [-0.2, -0.15) is 0 Å². The zero-order valence-corrected chi connectivity index (χ0v) is 18.7. The maximum absolute atomic E-state index is 11.7. The van der Waals surface area contributed by atoms with Gasteiger partial charge in [-0.15, -0.1) is 0 Å². The molecule has 27 heavy (non-hydrogen) atoms. The zero-order chi connectivity index (χ0) is 20.6. The van der Waals surface area contributed by atoms with E-state index in [0.29, 0.717) is 23.4 Å². The Kier molecular flexibility index (Phi) is 9.26. The molecule has 0 aliphatic heterocycles. The summed E-state index contributed by atoms with van der Waals surface area (Å²) in [7, 11) is 1.01. The van der Waals surface area contributed by atoms with Crippen LogP contribution in [-0.2, 0) is 16.4 Å². The van der Waals surface area contributed by atoms with Gasteiger partial charge in [-0.05, 0) is 57.5 Å². The number of aliphatic imine (C=N–C) groups is 1. The Morgan fingerprint density at radius 2 is 1.89 bits per heavy atom. The summed E-state index contributed by atoms with van der Waals surface area (Å²) >= 11 is 0. The molecular formula is C20H36N4O2S. The van der Waals surface area contributed by atoms with Gasteiger partial charge >= 0.3 is 0 Å². The van der Waals surface area contributed by atoms with Gasteiger partial charge in [-0.1, -0.05) is 26.0 Å². The molecule has 1 aromatic rings. The zero-order valence-electron chi connectivity index (χ0n) is 17.8. The molecule has 0 radical (unpaired) electrons. The molecule has 1 rings (SSSR count). The van der Waals surface area contributed by atoms with Gasteiger partial charge < -0.3 is 15.5 Å². The molecule has 0 aliphatic carbocycles. The molecule has 2 N–H and O–H groups in total. The van der Waals surface area contributed by atoms with Crippen LogP contribution in [0, 0.1) is 12.8 Å². The molecule has 0 saturated carbocycles. The summed E-state index contributed by atoms with van der Waals surface area (Å²) < 4.78 is 23.5. The molecular weight excluding hydrogens is 360 g/mol. The number of hydrogen-bond donors (Lipinski definition) is 2. The van der Waals surface area contributed by atoms with Crippen LogP contribution < -0.4 is 10.6 Å². The number of rotatable bonds is 9. The number of benzene rings is 1. The summed E-state index contributed by atoms with van der Waals surface area (Å²) in [5, 5.41) is 6.70. The van der Waals surface area contributed by atoms with Crippen LogP contribution in [0.15, 0.2) is 28.1 Å². The van der Waals surface area contributed by atoms with E-state index in [4.69, 9.17) is 0 Å². The highest BCUT2D eigenvalue weighted by atomic mass is 32.2. The predicted octanol–water partition coefficient (Wildman–Crippen LogP) is 2.43. The van der Waals surface area contributed by atoms with Crippen molar-refractivity contribution in [1.82, 2.24) is 15.5 Å². The lowest BCUT2D eigenvalue weighted by Gasteiger charge is -2.27. The molecule has 1 atom stereocenters. The number of nitrogens with zero attached hydrogens (tertiary/aromatic N) is 2. The molecule has 1 unspecified atom stereocenters. The minimum atomic E-state index is -3.19. The summed E-state index contributed by atoms with van der Waals surface area (Å²) in [6.45, 7) is 10.4. The first-order valence-corrected chi connectivity index (χ1v) is 11.4. The second kappa shape index (κ2) is 10.7. The minimum Gasteiger partial charge on any atom is -0.357 e. The third kappa shape index (κ3) is 8.30. The van der Waals surface area contributed by atoms with Crippen LogP contribution in [0.4, 0.5) is 0 Å². The van der Waals surface area contributed by atoms with Crippen LogP contribution >= 0.6 is 0 Å². The molecule has 0 aliphatic rings. The van der Waals surface area contributed by atoms with Crippen molar-refractivity contribution in [3.05, 3.63) is 29.3 Å². The number of hydrogen-bond acceptors (Lipinski definition) is 4. The fourth-order valence-corrected chi connectivity index (χ4v) is 3.93. The first-order valence-electron chi connectivity index (χ1n) is 9.52. The predicted molar refractivity (Wildman–Crippen MR) is 114 cm³/mol. The van der Waals surface area contributed by atoms with Crippen LogP contribution in [0.25, 0.3) is 0 Å². The Morgan fingerprint density at radius 1 is 1.22 bits per heavy atom. The van der Waals surface area contributed by atoms with Gasteiger partial charge in [-0.3, -0.25) is 0 Å². The number of nitrogens with one attached hydrogen (secondary N) is 2. The van der Waals surface area contributed by atoms with Crippen molar-refractivity contribution in [1.29, 1.82) is 0 Å². The highest BCUT2D eigenvalue weighted by Crippen LogP contribution is 2.17. The number of likely N-dealkylation sites (N-methyl/N-ethyl adjacent to an activating group) is 1. The van der Waals surface area contributed by atoms with E-state index >= 15 is 0 Å². The van der Waals surface area contributed by atoms with Crippen molar-refractivity contribution < 1.29 is 8.42 Å². The van der Waals surface area contributed by atoms with E-state index in [-0.39, 0.29) is 0 Å². The van der Waals surface area contributed by atoms with E-state index in [1.165, 1.54) is 6.26 Å². The van der Waals surface area contributed by atoms with Crippen molar-refractivity contribution in [3.63, 3.8) is 0 Å². The third-order valence-corrected chi connectivity index (χ3v) is 5.64. The molecule has 0 aromatic heterocycles. The highest BCUT2D eigenvalue weighted by Gasteiger charge is 2.14. The fraction of sp³-hybridized carbons (Fsp3) is 0.650. The Balaban J connectivity index is 2.83. The smallest absolute Gasteiger partial charge is 0.191 e. The number of sulfone groups is 1. The maximum Gasteiger partial charge on any atom is 0.191 e. The lowest BCUT2D eigenvalue weighted by atomic mass is 10.0. The normalized spacial score (nSPS) is 13.9. The van der Waals surface area contributed by atoms with Gasteiger partial charge in [0.2, 0.25) is 0 Å². The average Bonchev–Trinajstić information content (AvgIpc) is 2.54. The Morgan fingerprint density at radius 3 is 2.37 bits per heavy atom. The van der Waals surface area contributed by atoms with Gasteiger partial charge in [-0.25, -0.2) is 13.4 Å². The van der Waals surface area contributed by atoms with E-state index in [2.05, 4.69) is 48.5 Å². The monoisotopic (exact) mass is 396 g/mol. The van der Waals surface area contributed by atoms with Crippen molar-refractivity contribution in [2.24, 2.45) is 10.9 Å². The van der Waals surface area contributed by atoms with Gasteiger partial charge in [0.25, 0.3) is 0 Å². The second-order valence-electron chi connectivity index (χ2n) is 7.70. The first-order chi connectivity index (χ1) is 12.5. The first kappa shape index (κ1) is 23.4. The van der Waals surface area contributed by atoms with Crippen molar-refractivity contribution in [2.45, 2.75) is 51.6 Å². The van der Waals surface area contributed by atoms with E-state index in [0.717, 1.165) is 36.6 Å². The molecule has 0 saturated heterocycles. The Labute approximate surface area is 165 Å². The third-order valence-electron chi connectivity index (χ3n) is 4.38. The Bertz CT molecular complexity index is 727. The van der Waals surface area contributed by atoms with Gasteiger partial charge in [0.15, 0.2) is 15.8 Å². The van der Waals surface area contributed by atoms with E-state index in [9.17, 15) is 8.42 Å². The topological polar surface area (TPSA) is 73.8 Å². The molecule has 0 amide bonds. The lowest BCUT2D eigenvalue weighted by Crippen LogP contribution is -2.45. The fourth-order valence-electron chi connectivity index (χ4n) is 2.97. The largest absolute Gasteiger partial charge is 0.357 e. The highest BCUT2D eigenvalue weighted by molar-refractivity contribution is 7.90. The minimum absolute atomic E-state index is 0.378. The van der Waals surface area contributed by atoms with Gasteiger partial charge in [0, 0.05) is 25.4 Å². The van der Waals surface area contributed by atoms with E-state index in [1.54, 1.807) is 6.07 Å². The van der Waals surface area contributed by atoms with Crippen LogP contribution in [0.3, 0.4) is 0 Å². The maximum atomic E-state index is 11.7. The number of guanidine groups is 1. The van der Waals surface area contributed by atoms with Crippen LogP contribution in [0.5, 0.6) is 0 Å². The summed E-state index contributed by atoms with van der Waals surface area (Å²) in [4.78, 5) is 7.27. The van der Waals surface area contributed by atoms with E-state index in [1.807, 2.05) is 26.0 Å². The summed E-state index contributed by atoms with van der Waals surface area (Å²) in [5.41, 5.74) is 1.75. The van der Waals surface area contributed by atoms with Gasteiger partial charge in [0.05, 0.1) is 11.4 Å². The molecule has 7 heteroatoms. The lowest BCUT2D eigenvalue weighted by molar-refractivity contribution is 0.254. The van der Waals surface area contributed by atoms with Crippen LogP contribution in [-0.4, -0.2) is 58.8 Å². The van der Waals surface area contributed by atoms with Crippen molar-refractivity contribution in [3.8, 4) is 0 Å². The summed E-state index contributed by atoms with van der Waals surface area (Å²) in [5.74, 6) is 1.41. The molecule has 1 aromatic carbocycles. The standard InChI is InChI=1S/C20H36N4O2S/c1-8-21-20(23-14-18(24(5)6)11-15(2)3)22-13-17-9-10-19(16(4)12-17)27(7,25)26/h9-10,12,15,18H,8,11,13-14H2,1-7H3,(H2,21,22,23). The second-order valence-corrected chi connectivity index (χ2v) is 9.68. The Hall–Kier alpha value is -1.60. The molecule has 154 valence electrons. The quantitative estimate of drug-likeness (QED) is 0.495. The number of aryl methyl sites for hydroxylation is 1. The summed E-state index contributed by atoms with van der Waals surface area (Å²) in [6, 6.07) is 5.83. The molecule has 0 fully saturated rings. The average molecular weight is 397 g/mol. The van der Waals surface area contributed by atoms with Crippen LogP contribution in [0.2, 0.25) is 0 Å². The SMILES string of the molecule is CCNC(=NCc1ccc(S(C)(=O)=O)c(C)c1)NCC(CC(C)C)N(C)C. The van der Waals surface area contributed by atoms with Crippen molar-refractivity contribution in [2.75, 3.05) is 33.4 Å². The molecule has 6 nitrogen and oxygen atoms in total. The van der Waals surface area contributed by atoms with Gasteiger partial charge in [0.1, 0.15) is 0 Å². The van der Waals surface area contributed by atoms with Crippen molar-refractivity contribution >= 4 is 15.8 Å². The molecule has 0 bridgehead atoms. The molecule has 0 heterocycles. The molecule has 0 spiro atoms. The van der Waals surface area contributed by atoms with E-state index < -0.39 is 9.84 Å². The summed E-state index contributed by atoms with van der Waals surface area (Å²) in [6.07, 6.45) is 2.35.